The van der Waals surface area contributed by atoms with Gasteiger partial charge in [0.2, 0.25) is 0 Å². The van der Waals surface area contributed by atoms with E-state index in [-0.39, 0.29) is 6.04 Å². The minimum Gasteiger partial charge on any atom is -0.327 e. The van der Waals surface area contributed by atoms with E-state index in [2.05, 4.69) is 28.6 Å². The Kier molecular flexibility index (Phi) is 2.78. The summed E-state index contributed by atoms with van der Waals surface area (Å²) < 4.78 is 2.26. The molecule has 1 aliphatic rings. The van der Waals surface area contributed by atoms with Crippen LogP contribution in [0.1, 0.15) is 44.8 Å². The van der Waals surface area contributed by atoms with E-state index in [1.807, 2.05) is 6.92 Å². The van der Waals surface area contributed by atoms with Crippen LogP contribution < -0.4 is 5.73 Å². The van der Waals surface area contributed by atoms with E-state index in [9.17, 15) is 0 Å². The number of hydrogen-bond acceptors (Lipinski definition) is 3. The van der Waals surface area contributed by atoms with Gasteiger partial charge in [0, 0.05) is 24.9 Å². The van der Waals surface area contributed by atoms with Crippen molar-refractivity contribution in [3.8, 4) is 0 Å². The van der Waals surface area contributed by atoms with Crippen molar-refractivity contribution >= 4 is 0 Å². The average Bonchev–Trinajstić information content (AvgIpc) is 2.59. The van der Waals surface area contributed by atoms with Crippen molar-refractivity contribution in [1.29, 1.82) is 0 Å². The Morgan fingerprint density at radius 1 is 1.40 bits per heavy atom. The lowest BCUT2D eigenvalue weighted by molar-refractivity contribution is 0.394. The van der Waals surface area contributed by atoms with Crippen molar-refractivity contribution in [2.45, 2.75) is 52.1 Å². The summed E-state index contributed by atoms with van der Waals surface area (Å²) in [6, 6.07) is 0.137. The highest BCUT2D eigenvalue weighted by molar-refractivity contribution is 5.06. The molecule has 0 amide bonds. The monoisotopic (exact) mass is 208 g/mol. The molecular formula is C11H20N4. The fraction of sp³-hybridized carbons (Fsp3) is 0.818. The number of hydrogen-bond donors (Lipinski definition) is 1. The fourth-order valence-electron chi connectivity index (χ4n) is 2.08. The van der Waals surface area contributed by atoms with Crippen LogP contribution in [0.15, 0.2) is 0 Å². The molecule has 0 fully saturated rings. The Morgan fingerprint density at radius 3 is 2.80 bits per heavy atom. The zero-order valence-corrected chi connectivity index (χ0v) is 9.77. The van der Waals surface area contributed by atoms with Crippen LogP contribution in [0.3, 0.4) is 0 Å². The predicted octanol–water partition coefficient (Wildman–Crippen LogP) is 1.31. The van der Waals surface area contributed by atoms with Crippen molar-refractivity contribution in [3.05, 3.63) is 11.6 Å². The normalized spacial score (nSPS) is 24.7. The van der Waals surface area contributed by atoms with E-state index in [1.165, 1.54) is 6.42 Å². The Labute approximate surface area is 90.9 Å². The summed E-state index contributed by atoms with van der Waals surface area (Å²) in [6.45, 7) is 7.47. The summed E-state index contributed by atoms with van der Waals surface area (Å²) in [4.78, 5) is 0. The highest BCUT2D eigenvalue weighted by atomic mass is 15.3. The van der Waals surface area contributed by atoms with E-state index < -0.39 is 0 Å². The molecule has 3 unspecified atom stereocenters. The van der Waals surface area contributed by atoms with Crippen molar-refractivity contribution in [3.63, 3.8) is 0 Å². The standard InChI is InChI=1S/C11H20N4/c1-7-4-5-15-10(6-7)13-14-11(15)8(2)9(3)12/h7-9H,4-6,12H2,1-3H3. The van der Waals surface area contributed by atoms with Gasteiger partial charge in [-0.2, -0.15) is 0 Å². The van der Waals surface area contributed by atoms with E-state index in [1.54, 1.807) is 0 Å². The van der Waals surface area contributed by atoms with Crippen molar-refractivity contribution < 1.29 is 0 Å². The molecule has 0 spiro atoms. The molecule has 4 heteroatoms. The van der Waals surface area contributed by atoms with Gasteiger partial charge in [0.05, 0.1) is 0 Å². The van der Waals surface area contributed by atoms with Gasteiger partial charge in [-0.25, -0.2) is 0 Å². The smallest absolute Gasteiger partial charge is 0.137 e. The molecule has 2 rings (SSSR count). The summed E-state index contributed by atoms with van der Waals surface area (Å²) in [5.74, 6) is 3.22. The van der Waals surface area contributed by atoms with Crippen LogP contribution in [-0.4, -0.2) is 20.8 Å². The van der Waals surface area contributed by atoms with Crippen LogP contribution in [-0.2, 0) is 13.0 Å². The van der Waals surface area contributed by atoms with Crippen LogP contribution in [0.2, 0.25) is 0 Å². The third-order valence-corrected chi connectivity index (χ3v) is 3.43. The zero-order chi connectivity index (χ0) is 11.0. The molecule has 84 valence electrons. The van der Waals surface area contributed by atoms with Gasteiger partial charge in [-0.15, -0.1) is 10.2 Å². The Balaban J connectivity index is 2.28. The Morgan fingerprint density at radius 2 is 2.13 bits per heavy atom. The Bertz CT molecular complexity index is 342. The molecule has 4 nitrogen and oxygen atoms in total. The van der Waals surface area contributed by atoms with E-state index in [0.29, 0.717) is 5.92 Å². The lowest BCUT2D eigenvalue weighted by atomic mass is 9.98. The second-order valence-corrected chi connectivity index (χ2v) is 4.87. The molecule has 15 heavy (non-hydrogen) atoms. The zero-order valence-electron chi connectivity index (χ0n) is 9.77. The number of nitrogens with zero attached hydrogens (tertiary/aromatic N) is 3. The van der Waals surface area contributed by atoms with Crippen LogP contribution in [0, 0.1) is 5.92 Å². The third-order valence-electron chi connectivity index (χ3n) is 3.43. The second kappa shape index (κ2) is 3.93. The highest BCUT2D eigenvalue weighted by Crippen LogP contribution is 2.24. The summed E-state index contributed by atoms with van der Waals surface area (Å²) >= 11 is 0. The van der Waals surface area contributed by atoms with Gasteiger partial charge in [0.1, 0.15) is 11.6 Å². The molecule has 0 bridgehead atoms. The maximum absolute atomic E-state index is 5.91. The first-order chi connectivity index (χ1) is 7.09. The van der Waals surface area contributed by atoms with Crippen LogP contribution in [0.5, 0.6) is 0 Å². The first kappa shape index (κ1) is 10.6. The van der Waals surface area contributed by atoms with Crippen molar-refractivity contribution in [2.75, 3.05) is 0 Å². The van der Waals surface area contributed by atoms with Crippen LogP contribution >= 0.6 is 0 Å². The van der Waals surface area contributed by atoms with Gasteiger partial charge in [-0.05, 0) is 19.3 Å². The topological polar surface area (TPSA) is 56.7 Å². The minimum atomic E-state index is 0.137. The summed E-state index contributed by atoms with van der Waals surface area (Å²) in [6.07, 6.45) is 2.28. The minimum absolute atomic E-state index is 0.137. The van der Waals surface area contributed by atoms with Crippen molar-refractivity contribution in [2.24, 2.45) is 11.7 Å². The maximum atomic E-state index is 5.91. The molecule has 2 N–H and O–H groups in total. The third kappa shape index (κ3) is 1.91. The molecule has 1 aliphatic heterocycles. The van der Waals surface area contributed by atoms with Crippen molar-refractivity contribution in [1.82, 2.24) is 14.8 Å². The summed E-state index contributed by atoms with van der Waals surface area (Å²) in [7, 11) is 0. The van der Waals surface area contributed by atoms with Gasteiger partial charge < -0.3 is 10.3 Å². The first-order valence-electron chi connectivity index (χ1n) is 5.77. The molecule has 1 aromatic rings. The average molecular weight is 208 g/mol. The first-order valence-corrected chi connectivity index (χ1v) is 5.77. The molecule has 2 heterocycles. The maximum Gasteiger partial charge on any atom is 0.137 e. The van der Waals surface area contributed by atoms with Crippen LogP contribution in [0.4, 0.5) is 0 Å². The number of fused-ring (bicyclic) bond motifs is 1. The van der Waals surface area contributed by atoms with Gasteiger partial charge in [0.15, 0.2) is 0 Å². The highest BCUT2D eigenvalue weighted by Gasteiger charge is 2.24. The summed E-state index contributed by atoms with van der Waals surface area (Å²) in [5.41, 5.74) is 5.91. The SMILES string of the molecule is CC1CCn2c(nnc2C(C)C(C)N)C1. The number of nitrogens with two attached hydrogens (primary N) is 1. The molecule has 3 atom stereocenters. The van der Waals surface area contributed by atoms with Gasteiger partial charge in [0.25, 0.3) is 0 Å². The fourth-order valence-corrected chi connectivity index (χ4v) is 2.08. The van der Waals surface area contributed by atoms with Gasteiger partial charge in [-0.3, -0.25) is 0 Å². The Hall–Kier alpha value is -0.900. The number of aromatic nitrogens is 3. The predicted molar refractivity (Wildman–Crippen MR) is 59.6 cm³/mol. The molecular weight excluding hydrogens is 188 g/mol. The lowest BCUT2D eigenvalue weighted by Gasteiger charge is -2.23. The van der Waals surface area contributed by atoms with Gasteiger partial charge >= 0.3 is 0 Å². The van der Waals surface area contributed by atoms with E-state index in [0.717, 1.165) is 30.5 Å². The largest absolute Gasteiger partial charge is 0.327 e. The van der Waals surface area contributed by atoms with E-state index >= 15 is 0 Å². The van der Waals surface area contributed by atoms with E-state index in [4.69, 9.17) is 5.73 Å². The molecule has 0 saturated carbocycles. The molecule has 0 aromatic carbocycles. The number of rotatable bonds is 2. The molecule has 1 aromatic heterocycles. The molecule has 0 radical (unpaired) electrons. The quantitative estimate of drug-likeness (QED) is 0.797. The lowest BCUT2D eigenvalue weighted by Crippen LogP contribution is -2.27. The summed E-state index contributed by atoms with van der Waals surface area (Å²) in [5, 5.41) is 8.55. The second-order valence-electron chi connectivity index (χ2n) is 4.87. The van der Waals surface area contributed by atoms with Crippen LogP contribution in [0.25, 0.3) is 0 Å². The molecule has 0 aliphatic carbocycles. The van der Waals surface area contributed by atoms with Gasteiger partial charge in [-0.1, -0.05) is 13.8 Å². The molecule has 0 saturated heterocycles.